The Balaban J connectivity index is 1.72. The Morgan fingerprint density at radius 1 is 0.862 bits per heavy atom. The van der Waals surface area contributed by atoms with Crippen LogP contribution >= 0.6 is 0 Å². The number of carbonyl (C=O) groups is 3. The maximum absolute atomic E-state index is 13.0. The van der Waals surface area contributed by atoms with Crippen LogP contribution in [0.25, 0.3) is 11.8 Å². The molecular formula is C22H17N3O4. The third-order valence-corrected chi connectivity index (χ3v) is 4.54. The van der Waals surface area contributed by atoms with E-state index in [2.05, 4.69) is 5.32 Å². The number of methoxy groups -OCH3 is 1. The van der Waals surface area contributed by atoms with Crippen LogP contribution in [-0.2, 0) is 9.59 Å². The average Bonchev–Trinajstić information content (AvgIpc) is 3.20. The van der Waals surface area contributed by atoms with E-state index in [4.69, 9.17) is 4.74 Å². The molecule has 0 bridgehead atoms. The highest BCUT2D eigenvalue weighted by atomic mass is 16.5. The van der Waals surface area contributed by atoms with Crippen LogP contribution < -0.4 is 15.0 Å². The third-order valence-electron chi connectivity index (χ3n) is 4.54. The monoisotopic (exact) mass is 387 g/mol. The van der Waals surface area contributed by atoms with E-state index in [9.17, 15) is 14.4 Å². The van der Waals surface area contributed by atoms with Gasteiger partial charge in [-0.15, -0.1) is 0 Å². The van der Waals surface area contributed by atoms with E-state index in [0.717, 1.165) is 10.6 Å². The summed E-state index contributed by atoms with van der Waals surface area (Å²) in [6.45, 7) is 0. The lowest BCUT2D eigenvalue weighted by molar-refractivity contribution is -0.122. The van der Waals surface area contributed by atoms with E-state index in [-0.39, 0.29) is 5.57 Å². The molecule has 0 spiro atoms. The number of amides is 4. The SMILES string of the molecule is COc1ccc(N2C(=O)NC(=O)/C(=C/c3cccn3-c3ccccc3)C2=O)cc1. The fourth-order valence-electron chi connectivity index (χ4n) is 3.11. The largest absolute Gasteiger partial charge is 0.497 e. The predicted molar refractivity (Wildman–Crippen MR) is 108 cm³/mol. The summed E-state index contributed by atoms with van der Waals surface area (Å²) in [5.74, 6) is -0.832. The molecule has 2 aromatic carbocycles. The molecule has 0 saturated carbocycles. The second-order valence-corrected chi connectivity index (χ2v) is 6.29. The number of urea groups is 1. The molecule has 4 amide bonds. The molecule has 1 saturated heterocycles. The van der Waals surface area contributed by atoms with Gasteiger partial charge in [0.25, 0.3) is 11.8 Å². The highest BCUT2D eigenvalue weighted by molar-refractivity contribution is 6.39. The summed E-state index contributed by atoms with van der Waals surface area (Å²) in [6, 6.07) is 18.8. The van der Waals surface area contributed by atoms with Crippen molar-refractivity contribution >= 4 is 29.6 Å². The minimum Gasteiger partial charge on any atom is -0.497 e. The molecule has 4 rings (SSSR count). The summed E-state index contributed by atoms with van der Waals surface area (Å²) in [6.07, 6.45) is 3.31. The zero-order valence-corrected chi connectivity index (χ0v) is 15.5. The van der Waals surface area contributed by atoms with E-state index in [1.54, 1.807) is 30.3 Å². The van der Waals surface area contributed by atoms with Crippen molar-refractivity contribution in [1.82, 2.24) is 9.88 Å². The summed E-state index contributed by atoms with van der Waals surface area (Å²) >= 11 is 0. The lowest BCUT2D eigenvalue weighted by Crippen LogP contribution is -2.54. The zero-order valence-electron chi connectivity index (χ0n) is 15.5. The van der Waals surface area contributed by atoms with Crippen molar-refractivity contribution in [3.05, 3.63) is 84.2 Å². The topological polar surface area (TPSA) is 80.6 Å². The Labute approximate surface area is 166 Å². The first-order valence-corrected chi connectivity index (χ1v) is 8.87. The number of aromatic nitrogens is 1. The second kappa shape index (κ2) is 7.47. The van der Waals surface area contributed by atoms with E-state index < -0.39 is 17.8 Å². The molecule has 29 heavy (non-hydrogen) atoms. The molecule has 0 atom stereocenters. The van der Waals surface area contributed by atoms with Crippen molar-refractivity contribution in [2.45, 2.75) is 0 Å². The molecule has 7 nitrogen and oxygen atoms in total. The minimum absolute atomic E-state index is 0.128. The molecular weight excluding hydrogens is 370 g/mol. The molecule has 2 heterocycles. The number of rotatable bonds is 4. The molecule has 3 aromatic rings. The quantitative estimate of drug-likeness (QED) is 0.551. The number of ether oxygens (including phenoxy) is 1. The minimum atomic E-state index is -0.791. The Morgan fingerprint density at radius 3 is 2.28 bits per heavy atom. The van der Waals surface area contributed by atoms with Crippen molar-refractivity contribution in [3.8, 4) is 11.4 Å². The molecule has 0 unspecified atom stereocenters. The average molecular weight is 387 g/mol. The number of hydrogen-bond donors (Lipinski definition) is 1. The number of imide groups is 2. The summed E-state index contributed by atoms with van der Waals surface area (Å²) in [7, 11) is 1.52. The van der Waals surface area contributed by atoms with Gasteiger partial charge in [0.05, 0.1) is 12.8 Å². The number of para-hydroxylation sites is 1. The van der Waals surface area contributed by atoms with E-state index in [1.807, 2.05) is 47.2 Å². The van der Waals surface area contributed by atoms with Gasteiger partial charge in [-0.2, -0.15) is 0 Å². The summed E-state index contributed by atoms with van der Waals surface area (Å²) in [5.41, 5.74) is 1.73. The number of benzene rings is 2. The van der Waals surface area contributed by atoms with Gasteiger partial charge in [-0.25, -0.2) is 9.69 Å². The van der Waals surface area contributed by atoms with Crippen molar-refractivity contribution < 1.29 is 19.1 Å². The number of nitrogens with zero attached hydrogens (tertiary/aromatic N) is 2. The molecule has 144 valence electrons. The van der Waals surface area contributed by atoms with Gasteiger partial charge >= 0.3 is 6.03 Å². The highest BCUT2D eigenvalue weighted by Gasteiger charge is 2.37. The van der Waals surface area contributed by atoms with Crippen molar-refractivity contribution in [2.75, 3.05) is 12.0 Å². The maximum atomic E-state index is 13.0. The van der Waals surface area contributed by atoms with Crippen LogP contribution in [0.2, 0.25) is 0 Å². The number of carbonyl (C=O) groups excluding carboxylic acids is 3. The van der Waals surface area contributed by atoms with Crippen LogP contribution in [0.5, 0.6) is 5.75 Å². The lowest BCUT2D eigenvalue weighted by Gasteiger charge is -2.26. The number of hydrogen-bond acceptors (Lipinski definition) is 4. The van der Waals surface area contributed by atoms with Gasteiger partial charge in [0, 0.05) is 17.6 Å². The first-order valence-electron chi connectivity index (χ1n) is 8.87. The maximum Gasteiger partial charge on any atom is 0.335 e. The van der Waals surface area contributed by atoms with Gasteiger partial charge in [0.15, 0.2) is 0 Å². The van der Waals surface area contributed by atoms with Crippen LogP contribution in [-0.4, -0.2) is 29.5 Å². The molecule has 0 aliphatic carbocycles. The fourth-order valence-corrected chi connectivity index (χ4v) is 3.11. The number of barbiturate groups is 1. The molecule has 0 radical (unpaired) electrons. The normalized spacial score (nSPS) is 15.6. The Kier molecular flexibility index (Phi) is 4.70. The van der Waals surface area contributed by atoms with E-state index in [0.29, 0.717) is 17.1 Å². The van der Waals surface area contributed by atoms with Gasteiger partial charge < -0.3 is 9.30 Å². The summed E-state index contributed by atoms with van der Waals surface area (Å²) in [4.78, 5) is 38.6. The number of nitrogens with one attached hydrogen (secondary N) is 1. The van der Waals surface area contributed by atoms with Crippen molar-refractivity contribution in [2.24, 2.45) is 0 Å². The van der Waals surface area contributed by atoms with Crippen LogP contribution in [0.15, 0.2) is 78.5 Å². The molecule has 1 N–H and O–H groups in total. The predicted octanol–water partition coefficient (Wildman–Crippen LogP) is 3.15. The smallest absolute Gasteiger partial charge is 0.335 e. The third kappa shape index (κ3) is 3.41. The lowest BCUT2D eigenvalue weighted by atomic mass is 10.1. The van der Waals surface area contributed by atoms with Gasteiger partial charge in [0.1, 0.15) is 11.3 Å². The van der Waals surface area contributed by atoms with Gasteiger partial charge in [-0.3, -0.25) is 14.9 Å². The number of anilines is 1. The van der Waals surface area contributed by atoms with Crippen LogP contribution in [0.1, 0.15) is 5.69 Å². The van der Waals surface area contributed by atoms with Crippen molar-refractivity contribution in [3.63, 3.8) is 0 Å². The fraction of sp³-hybridized carbons (Fsp3) is 0.0455. The molecule has 7 heteroatoms. The first-order chi connectivity index (χ1) is 14.1. The van der Waals surface area contributed by atoms with Crippen molar-refractivity contribution in [1.29, 1.82) is 0 Å². The molecule has 1 aliphatic rings. The van der Waals surface area contributed by atoms with E-state index >= 15 is 0 Å². The second-order valence-electron chi connectivity index (χ2n) is 6.29. The molecule has 1 fully saturated rings. The molecule has 1 aliphatic heterocycles. The Morgan fingerprint density at radius 2 is 1.59 bits per heavy atom. The van der Waals surface area contributed by atoms with Gasteiger partial charge in [-0.1, -0.05) is 18.2 Å². The zero-order chi connectivity index (χ0) is 20.4. The van der Waals surface area contributed by atoms with E-state index in [1.165, 1.54) is 13.2 Å². The first kappa shape index (κ1) is 18.2. The standard InChI is InChI=1S/C22H17N3O4/c1-29-18-11-9-16(10-12-18)25-21(27)19(20(26)23-22(25)28)14-17-8-5-13-24(17)15-6-3-2-4-7-15/h2-14H,1H3,(H,23,26,28)/b19-14-. The summed E-state index contributed by atoms with van der Waals surface area (Å²) < 4.78 is 6.95. The van der Waals surface area contributed by atoms with Gasteiger partial charge in [-0.05, 0) is 54.6 Å². The van der Waals surface area contributed by atoms with Crippen LogP contribution in [0, 0.1) is 0 Å². The molecule has 1 aromatic heterocycles. The van der Waals surface area contributed by atoms with Crippen LogP contribution in [0.3, 0.4) is 0 Å². The Hall–Kier alpha value is -4.13. The Bertz CT molecular complexity index is 1110. The summed E-state index contributed by atoms with van der Waals surface area (Å²) in [5, 5.41) is 2.23. The van der Waals surface area contributed by atoms with Crippen LogP contribution in [0.4, 0.5) is 10.5 Å². The highest BCUT2D eigenvalue weighted by Crippen LogP contribution is 2.24. The van der Waals surface area contributed by atoms with Gasteiger partial charge in [0.2, 0.25) is 0 Å².